The highest BCUT2D eigenvalue weighted by atomic mass is 35.5. The normalized spacial score (nSPS) is 11.2. The van der Waals surface area contributed by atoms with E-state index in [9.17, 15) is 4.79 Å². The van der Waals surface area contributed by atoms with E-state index in [1.165, 1.54) is 0 Å². The molecule has 0 aliphatic heterocycles. The van der Waals surface area contributed by atoms with Gasteiger partial charge in [-0.3, -0.25) is 9.48 Å². The Hall–Kier alpha value is -0.780. The van der Waals surface area contributed by atoms with Gasteiger partial charge in [-0.25, -0.2) is 0 Å². The number of amides is 1. The predicted molar refractivity (Wildman–Crippen MR) is 87.1 cm³/mol. The summed E-state index contributed by atoms with van der Waals surface area (Å²) in [6.45, 7) is 10.3. The third kappa shape index (κ3) is 6.59. The molecular weight excluding hydrogens is 299 g/mol. The minimum absolute atomic E-state index is 0. The third-order valence-corrected chi connectivity index (χ3v) is 2.82. The van der Waals surface area contributed by atoms with Crippen molar-refractivity contribution in [2.45, 2.75) is 40.2 Å². The van der Waals surface area contributed by atoms with Crippen molar-refractivity contribution < 1.29 is 4.79 Å². The Morgan fingerprint density at radius 1 is 1.30 bits per heavy atom. The molecular formula is C13H26Cl2N4O. The molecule has 5 nitrogen and oxygen atoms in total. The maximum atomic E-state index is 11.9. The summed E-state index contributed by atoms with van der Waals surface area (Å²) >= 11 is 0. The lowest BCUT2D eigenvalue weighted by Gasteiger charge is -2.14. The Labute approximate surface area is 133 Å². The number of carbonyl (C=O) groups excluding carboxylic acids is 1. The second-order valence-electron chi connectivity index (χ2n) is 4.59. The minimum Gasteiger partial charge on any atom is -0.353 e. The number of nitrogens with zero attached hydrogens (tertiary/aromatic N) is 2. The van der Waals surface area contributed by atoms with E-state index < -0.39 is 0 Å². The molecule has 1 aromatic heterocycles. The van der Waals surface area contributed by atoms with Crippen LogP contribution in [0.2, 0.25) is 0 Å². The summed E-state index contributed by atoms with van der Waals surface area (Å²) in [6.07, 6.45) is 1.11. The SMILES string of the molecule is CCCNCCNC(=O)C(C)n1nc(C)cc1C.Cl.Cl. The number of aryl methyl sites for hydroxylation is 2. The topological polar surface area (TPSA) is 58.9 Å². The Morgan fingerprint density at radius 3 is 2.45 bits per heavy atom. The first-order valence-corrected chi connectivity index (χ1v) is 6.57. The number of carbonyl (C=O) groups is 1. The molecule has 1 rings (SSSR count). The van der Waals surface area contributed by atoms with E-state index in [4.69, 9.17) is 0 Å². The second-order valence-corrected chi connectivity index (χ2v) is 4.59. The van der Waals surface area contributed by atoms with E-state index in [1.54, 1.807) is 4.68 Å². The minimum atomic E-state index is -0.259. The number of nitrogens with one attached hydrogen (secondary N) is 2. The smallest absolute Gasteiger partial charge is 0.244 e. The monoisotopic (exact) mass is 324 g/mol. The van der Waals surface area contributed by atoms with E-state index in [-0.39, 0.29) is 36.8 Å². The van der Waals surface area contributed by atoms with Gasteiger partial charge >= 0.3 is 0 Å². The Kier molecular flexibility index (Phi) is 11.8. The number of halogens is 2. The highest BCUT2D eigenvalue weighted by Gasteiger charge is 2.16. The van der Waals surface area contributed by atoms with Gasteiger partial charge in [0.2, 0.25) is 5.91 Å². The molecule has 0 radical (unpaired) electrons. The summed E-state index contributed by atoms with van der Waals surface area (Å²) < 4.78 is 1.77. The number of hydrogen-bond donors (Lipinski definition) is 2. The lowest BCUT2D eigenvalue weighted by atomic mass is 10.3. The summed E-state index contributed by atoms with van der Waals surface area (Å²) in [5.41, 5.74) is 1.95. The van der Waals surface area contributed by atoms with Crippen molar-refractivity contribution in [2.24, 2.45) is 0 Å². The summed E-state index contributed by atoms with van der Waals surface area (Å²) in [7, 11) is 0. The molecule has 118 valence electrons. The van der Waals surface area contributed by atoms with Gasteiger partial charge in [-0.2, -0.15) is 5.10 Å². The zero-order valence-electron chi connectivity index (χ0n) is 12.6. The van der Waals surface area contributed by atoms with Crippen LogP contribution < -0.4 is 10.6 Å². The Morgan fingerprint density at radius 2 is 1.95 bits per heavy atom. The van der Waals surface area contributed by atoms with Crippen LogP contribution in [0.1, 0.15) is 37.7 Å². The van der Waals surface area contributed by atoms with Crippen LogP contribution in [-0.4, -0.2) is 35.3 Å². The molecule has 0 saturated heterocycles. The average molecular weight is 325 g/mol. The number of rotatable bonds is 7. The van der Waals surface area contributed by atoms with E-state index in [0.29, 0.717) is 6.54 Å². The molecule has 20 heavy (non-hydrogen) atoms. The molecule has 0 aromatic carbocycles. The van der Waals surface area contributed by atoms with Gasteiger partial charge in [0.15, 0.2) is 0 Å². The van der Waals surface area contributed by atoms with Crippen molar-refractivity contribution in [1.29, 1.82) is 0 Å². The molecule has 1 aromatic rings. The van der Waals surface area contributed by atoms with E-state index in [2.05, 4.69) is 22.7 Å². The largest absolute Gasteiger partial charge is 0.353 e. The van der Waals surface area contributed by atoms with Crippen molar-refractivity contribution >= 4 is 30.7 Å². The first-order chi connectivity index (χ1) is 8.56. The van der Waals surface area contributed by atoms with Crippen molar-refractivity contribution in [3.8, 4) is 0 Å². The van der Waals surface area contributed by atoms with Crippen LogP contribution in [0.15, 0.2) is 6.07 Å². The fraction of sp³-hybridized carbons (Fsp3) is 0.692. The highest BCUT2D eigenvalue weighted by molar-refractivity contribution is 5.85. The fourth-order valence-corrected chi connectivity index (χ4v) is 1.87. The van der Waals surface area contributed by atoms with Crippen LogP contribution in [-0.2, 0) is 4.79 Å². The predicted octanol–water partition coefficient (Wildman–Crippen LogP) is 2.02. The maximum absolute atomic E-state index is 11.9. The fourth-order valence-electron chi connectivity index (χ4n) is 1.87. The van der Waals surface area contributed by atoms with Crippen LogP contribution in [0.5, 0.6) is 0 Å². The lowest BCUT2D eigenvalue weighted by Crippen LogP contribution is -2.36. The van der Waals surface area contributed by atoms with Crippen molar-refractivity contribution in [2.75, 3.05) is 19.6 Å². The van der Waals surface area contributed by atoms with Gasteiger partial charge in [-0.05, 0) is 39.8 Å². The molecule has 0 fully saturated rings. The molecule has 0 aliphatic carbocycles. The van der Waals surface area contributed by atoms with Crippen LogP contribution in [0.3, 0.4) is 0 Å². The van der Waals surface area contributed by atoms with Gasteiger partial charge in [0.05, 0.1) is 5.69 Å². The molecule has 1 heterocycles. The maximum Gasteiger partial charge on any atom is 0.244 e. The van der Waals surface area contributed by atoms with Crippen LogP contribution in [0, 0.1) is 13.8 Å². The van der Waals surface area contributed by atoms with E-state index in [1.807, 2.05) is 26.8 Å². The summed E-state index contributed by atoms with van der Waals surface area (Å²) in [5.74, 6) is 0.0134. The van der Waals surface area contributed by atoms with Crippen molar-refractivity contribution in [3.05, 3.63) is 17.5 Å². The van der Waals surface area contributed by atoms with Gasteiger partial charge in [-0.15, -0.1) is 24.8 Å². The van der Waals surface area contributed by atoms with Gasteiger partial charge in [-0.1, -0.05) is 6.92 Å². The van der Waals surface area contributed by atoms with Crippen molar-refractivity contribution in [1.82, 2.24) is 20.4 Å². The molecule has 7 heteroatoms. The highest BCUT2D eigenvalue weighted by Crippen LogP contribution is 2.10. The summed E-state index contributed by atoms with van der Waals surface area (Å²) in [5, 5.41) is 10.5. The molecule has 0 spiro atoms. The molecule has 0 bridgehead atoms. The zero-order chi connectivity index (χ0) is 13.5. The van der Waals surface area contributed by atoms with Gasteiger partial charge < -0.3 is 10.6 Å². The molecule has 2 N–H and O–H groups in total. The van der Waals surface area contributed by atoms with E-state index in [0.717, 1.165) is 30.9 Å². The molecule has 1 unspecified atom stereocenters. The van der Waals surface area contributed by atoms with Crippen LogP contribution >= 0.6 is 24.8 Å². The quantitative estimate of drug-likeness (QED) is 0.754. The first kappa shape index (κ1) is 21.5. The summed E-state index contributed by atoms with van der Waals surface area (Å²) in [6, 6.07) is 1.72. The lowest BCUT2D eigenvalue weighted by molar-refractivity contribution is -0.124. The Balaban J connectivity index is 0. The zero-order valence-corrected chi connectivity index (χ0v) is 14.2. The molecule has 1 amide bonds. The van der Waals surface area contributed by atoms with Crippen LogP contribution in [0.4, 0.5) is 0 Å². The molecule has 0 saturated carbocycles. The van der Waals surface area contributed by atoms with Gasteiger partial charge in [0.1, 0.15) is 6.04 Å². The molecule has 0 aliphatic rings. The first-order valence-electron chi connectivity index (χ1n) is 6.57. The van der Waals surface area contributed by atoms with Gasteiger partial charge in [0, 0.05) is 18.8 Å². The molecule has 1 atom stereocenters. The van der Waals surface area contributed by atoms with Crippen molar-refractivity contribution in [3.63, 3.8) is 0 Å². The number of aromatic nitrogens is 2. The standard InChI is InChI=1S/C13H24N4O.2ClH/c1-5-6-14-7-8-15-13(18)12(4)17-11(3)9-10(2)16-17;;/h9,12,14H,5-8H2,1-4H3,(H,15,18);2*1H. The van der Waals surface area contributed by atoms with Crippen LogP contribution in [0.25, 0.3) is 0 Å². The summed E-state index contributed by atoms with van der Waals surface area (Å²) in [4.78, 5) is 11.9. The third-order valence-electron chi connectivity index (χ3n) is 2.82. The van der Waals surface area contributed by atoms with Gasteiger partial charge in [0.25, 0.3) is 0 Å². The number of hydrogen-bond acceptors (Lipinski definition) is 3. The Bertz CT molecular complexity index is 396. The second kappa shape index (κ2) is 10.9. The van der Waals surface area contributed by atoms with E-state index >= 15 is 0 Å². The average Bonchev–Trinajstić information content (AvgIpc) is 2.67.